The van der Waals surface area contributed by atoms with Crippen LogP contribution in [0, 0.1) is 5.92 Å². The summed E-state index contributed by atoms with van der Waals surface area (Å²) >= 11 is 0. The minimum atomic E-state index is -0.362. The van der Waals surface area contributed by atoms with Gasteiger partial charge in [0.1, 0.15) is 0 Å². The Kier molecular flexibility index (Phi) is 5.12. The molecule has 6 heteroatoms. The van der Waals surface area contributed by atoms with Gasteiger partial charge in [0, 0.05) is 43.9 Å². The molecule has 3 aromatic rings. The van der Waals surface area contributed by atoms with Crippen molar-refractivity contribution in [3.8, 4) is 0 Å². The molecule has 144 valence electrons. The Bertz CT molecular complexity index is 997. The highest BCUT2D eigenvalue weighted by Crippen LogP contribution is 2.28. The summed E-state index contributed by atoms with van der Waals surface area (Å²) in [6.07, 6.45) is 2.22. The fraction of sp³-hybridized carbons (Fsp3) is 0.273. The highest BCUT2D eigenvalue weighted by Gasteiger charge is 2.35. The molecule has 1 N–H and O–H groups in total. The number of rotatable bonds is 6. The van der Waals surface area contributed by atoms with Gasteiger partial charge in [-0.1, -0.05) is 24.3 Å². The third kappa shape index (κ3) is 3.51. The molecular formula is C22H23N3O3. The monoisotopic (exact) mass is 377 g/mol. The van der Waals surface area contributed by atoms with Gasteiger partial charge in [0.25, 0.3) is 0 Å². The summed E-state index contributed by atoms with van der Waals surface area (Å²) in [5, 5.41) is 4.01. The Hall–Kier alpha value is -3.12. The average Bonchev–Trinajstić information content (AvgIpc) is 3.31. The first-order valence-corrected chi connectivity index (χ1v) is 9.40. The van der Waals surface area contributed by atoms with Gasteiger partial charge in [-0.3, -0.25) is 9.59 Å². The van der Waals surface area contributed by atoms with E-state index >= 15 is 0 Å². The van der Waals surface area contributed by atoms with Crippen molar-refractivity contribution < 1.29 is 14.3 Å². The van der Waals surface area contributed by atoms with Crippen LogP contribution in [0.1, 0.15) is 6.42 Å². The highest BCUT2D eigenvalue weighted by molar-refractivity contribution is 6.06. The number of hydrogen-bond acceptors (Lipinski definition) is 3. The van der Waals surface area contributed by atoms with Crippen molar-refractivity contribution in [1.82, 2.24) is 4.57 Å². The molecule has 0 spiro atoms. The van der Waals surface area contributed by atoms with Crippen LogP contribution in [-0.2, 0) is 20.9 Å². The van der Waals surface area contributed by atoms with Gasteiger partial charge in [-0.25, -0.2) is 0 Å². The number of fused-ring (bicyclic) bond motifs is 1. The number of carbonyl (C=O) groups is 2. The second kappa shape index (κ2) is 7.86. The number of para-hydroxylation sites is 1. The van der Waals surface area contributed by atoms with Gasteiger partial charge in [-0.2, -0.15) is 0 Å². The smallest absolute Gasteiger partial charge is 0.229 e. The van der Waals surface area contributed by atoms with Gasteiger partial charge >= 0.3 is 0 Å². The van der Waals surface area contributed by atoms with E-state index in [1.807, 2.05) is 60.8 Å². The largest absolute Gasteiger partial charge is 0.383 e. The number of aromatic nitrogens is 1. The van der Waals surface area contributed by atoms with Crippen LogP contribution in [-0.4, -0.2) is 36.6 Å². The maximum Gasteiger partial charge on any atom is 0.229 e. The van der Waals surface area contributed by atoms with Crippen LogP contribution in [0.3, 0.4) is 0 Å². The van der Waals surface area contributed by atoms with E-state index in [4.69, 9.17) is 4.74 Å². The van der Waals surface area contributed by atoms with Gasteiger partial charge in [-0.05, 0) is 30.3 Å². The van der Waals surface area contributed by atoms with Crippen molar-refractivity contribution in [3.63, 3.8) is 0 Å². The summed E-state index contributed by atoms with van der Waals surface area (Å²) in [6, 6.07) is 17.3. The van der Waals surface area contributed by atoms with Crippen molar-refractivity contribution in [2.24, 2.45) is 5.92 Å². The van der Waals surface area contributed by atoms with Gasteiger partial charge in [-0.15, -0.1) is 0 Å². The van der Waals surface area contributed by atoms with E-state index in [1.165, 1.54) is 0 Å². The van der Waals surface area contributed by atoms with Crippen LogP contribution in [0.4, 0.5) is 11.4 Å². The number of anilines is 2. The lowest BCUT2D eigenvalue weighted by atomic mass is 10.1. The Morgan fingerprint density at radius 1 is 1.14 bits per heavy atom. The lowest BCUT2D eigenvalue weighted by Gasteiger charge is -2.16. The van der Waals surface area contributed by atoms with Crippen molar-refractivity contribution in [2.75, 3.05) is 30.5 Å². The Labute approximate surface area is 163 Å². The summed E-state index contributed by atoms with van der Waals surface area (Å²) in [6.45, 7) is 1.78. The SMILES string of the molecule is COCCn1ccc2c(NC(=O)[C@@H]3CC(=O)N(c4ccccc4)C3)cccc21. The van der Waals surface area contributed by atoms with Crippen molar-refractivity contribution in [1.29, 1.82) is 0 Å². The van der Waals surface area contributed by atoms with Gasteiger partial charge in [0.05, 0.1) is 23.7 Å². The number of hydrogen-bond donors (Lipinski definition) is 1. The molecule has 0 bridgehead atoms. The van der Waals surface area contributed by atoms with Crippen LogP contribution in [0.2, 0.25) is 0 Å². The van der Waals surface area contributed by atoms with E-state index in [0.29, 0.717) is 13.2 Å². The first kappa shape index (κ1) is 18.3. The lowest BCUT2D eigenvalue weighted by molar-refractivity contribution is -0.122. The Morgan fingerprint density at radius 2 is 1.96 bits per heavy atom. The molecule has 2 heterocycles. The molecule has 6 nitrogen and oxygen atoms in total. The number of nitrogens with zero attached hydrogens (tertiary/aromatic N) is 2. The maximum absolute atomic E-state index is 12.8. The number of benzene rings is 2. The third-order valence-corrected chi connectivity index (χ3v) is 5.17. The fourth-order valence-electron chi connectivity index (χ4n) is 3.69. The normalized spacial score (nSPS) is 16.7. The van der Waals surface area contributed by atoms with Crippen LogP contribution >= 0.6 is 0 Å². The predicted molar refractivity (Wildman–Crippen MR) is 109 cm³/mol. The molecule has 1 aliphatic rings. The van der Waals surface area contributed by atoms with Gasteiger partial charge < -0.3 is 19.5 Å². The van der Waals surface area contributed by atoms with Crippen molar-refractivity contribution in [3.05, 3.63) is 60.8 Å². The highest BCUT2D eigenvalue weighted by atomic mass is 16.5. The summed E-state index contributed by atoms with van der Waals surface area (Å²) in [5.74, 6) is -0.502. The third-order valence-electron chi connectivity index (χ3n) is 5.17. The summed E-state index contributed by atoms with van der Waals surface area (Å²) in [5.41, 5.74) is 2.65. The number of methoxy groups -OCH3 is 1. The van der Waals surface area contributed by atoms with Crippen LogP contribution in [0.5, 0.6) is 0 Å². The molecule has 0 saturated carbocycles. The van der Waals surface area contributed by atoms with Crippen LogP contribution in [0.25, 0.3) is 10.9 Å². The average molecular weight is 377 g/mol. The maximum atomic E-state index is 12.8. The van der Waals surface area contributed by atoms with E-state index < -0.39 is 0 Å². The number of nitrogens with one attached hydrogen (secondary N) is 1. The molecule has 1 aliphatic heterocycles. The van der Waals surface area contributed by atoms with Gasteiger partial charge in [0.2, 0.25) is 11.8 Å². The number of ether oxygens (including phenoxy) is 1. The van der Waals surface area contributed by atoms with Crippen molar-refractivity contribution in [2.45, 2.75) is 13.0 Å². The molecule has 2 aromatic carbocycles. The van der Waals surface area contributed by atoms with Crippen LogP contribution in [0.15, 0.2) is 60.8 Å². The molecule has 4 rings (SSSR count). The zero-order valence-corrected chi connectivity index (χ0v) is 15.8. The minimum absolute atomic E-state index is 0.0183. The molecular weight excluding hydrogens is 354 g/mol. The molecule has 1 atom stereocenters. The first-order valence-electron chi connectivity index (χ1n) is 9.40. The fourth-order valence-corrected chi connectivity index (χ4v) is 3.69. The predicted octanol–water partition coefficient (Wildman–Crippen LogP) is 3.28. The molecule has 0 unspecified atom stereocenters. The Balaban J connectivity index is 1.50. The van der Waals surface area contributed by atoms with E-state index in [9.17, 15) is 9.59 Å². The summed E-state index contributed by atoms with van der Waals surface area (Å²) in [7, 11) is 1.68. The zero-order valence-electron chi connectivity index (χ0n) is 15.8. The first-order chi connectivity index (χ1) is 13.7. The number of carbonyl (C=O) groups excluding carboxylic acids is 2. The van der Waals surface area contributed by atoms with E-state index in [2.05, 4.69) is 9.88 Å². The molecule has 1 fully saturated rings. The van der Waals surface area contributed by atoms with E-state index in [1.54, 1.807) is 12.0 Å². The lowest BCUT2D eigenvalue weighted by Crippen LogP contribution is -2.28. The topological polar surface area (TPSA) is 63.6 Å². The summed E-state index contributed by atoms with van der Waals surface area (Å²) < 4.78 is 7.26. The molecule has 2 amide bonds. The molecule has 28 heavy (non-hydrogen) atoms. The number of amides is 2. The molecule has 1 aromatic heterocycles. The zero-order chi connectivity index (χ0) is 19.5. The van der Waals surface area contributed by atoms with E-state index in [-0.39, 0.29) is 24.2 Å². The van der Waals surface area contributed by atoms with E-state index in [0.717, 1.165) is 28.8 Å². The van der Waals surface area contributed by atoms with Crippen molar-refractivity contribution >= 4 is 34.1 Å². The van der Waals surface area contributed by atoms with Gasteiger partial charge in [0.15, 0.2) is 0 Å². The molecule has 0 radical (unpaired) electrons. The minimum Gasteiger partial charge on any atom is -0.383 e. The van der Waals surface area contributed by atoms with Crippen LogP contribution < -0.4 is 10.2 Å². The standard InChI is InChI=1S/C22H23N3O3/c1-28-13-12-24-11-10-18-19(8-5-9-20(18)24)23-22(27)16-14-21(26)25(15-16)17-6-3-2-4-7-17/h2-11,16H,12-15H2,1H3,(H,23,27)/t16-/m1/s1. The molecule has 0 aliphatic carbocycles. The molecule has 1 saturated heterocycles. The second-order valence-corrected chi connectivity index (χ2v) is 6.97. The quantitative estimate of drug-likeness (QED) is 0.717. The second-order valence-electron chi connectivity index (χ2n) is 6.97. The Morgan fingerprint density at radius 3 is 2.75 bits per heavy atom. The summed E-state index contributed by atoms with van der Waals surface area (Å²) in [4.78, 5) is 26.9.